The number of carbonyl (C=O) groups is 1. The highest BCUT2D eigenvalue weighted by Gasteiger charge is 2.42. The quantitative estimate of drug-likeness (QED) is 0.244. The summed E-state index contributed by atoms with van der Waals surface area (Å²) >= 11 is 12.4. The Labute approximate surface area is 240 Å². The van der Waals surface area contributed by atoms with Crippen LogP contribution in [0, 0.1) is 27.7 Å². The standard InChI is InChI=1S/C31H32ClN5OS/c1-6-28(38)34-25-13-12-23(15-19(25)3)37-30(29(35-31(37)39)26-9-7-8-14-33-26)24-16-20(4)36(21(24)5)27-17-22(32)11-10-18(27)2/h7-17,29-30H,6H2,1-5H3,(H,34,38)(H,35,39)/t29-,30+/m0/s1. The fourth-order valence-corrected chi connectivity index (χ4v) is 5.92. The summed E-state index contributed by atoms with van der Waals surface area (Å²) in [6.07, 6.45) is 2.24. The molecule has 1 saturated heterocycles. The number of hydrogen-bond acceptors (Lipinski definition) is 3. The van der Waals surface area contributed by atoms with Crippen molar-refractivity contribution in [2.75, 3.05) is 10.2 Å². The number of halogens is 1. The molecule has 2 aromatic heterocycles. The van der Waals surface area contributed by atoms with E-state index in [2.05, 4.69) is 53.0 Å². The number of nitrogens with zero attached hydrogens (tertiary/aromatic N) is 3. The van der Waals surface area contributed by atoms with Gasteiger partial charge < -0.3 is 20.1 Å². The third-order valence-corrected chi connectivity index (χ3v) is 7.93. The van der Waals surface area contributed by atoms with Crippen LogP contribution in [0.5, 0.6) is 0 Å². The maximum atomic E-state index is 12.0. The Morgan fingerprint density at radius 2 is 1.85 bits per heavy atom. The monoisotopic (exact) mass is 557 g/mol. The molecule has 39 heavy (non-hydrogen) atoms. The van der Waals surface area contributed by atoms with Crippen molar-refractivity contribution in [1.82, 2.24) is 14.9 Å². The van der Waals surface area contributed by atoms with Crippen LogP contribution >= 0.6 is 23.8 Å². The number of nitrogens with one attached hydrogen (secondary N) is 2. The van der Waals surface area contributed by atoms with Crippen molar-refractivity contribution in [1.29, 1.82) is 0 Å². The van der Waals surface area contributed by atoms with Crippen LogP contribution in [-0.2, 0) is 4.79 Å². The number of rotatable bonds is 6. The number of benzene rings is 2. The predicted octanol–water partition coefficient (Wildman–Crippen LogP) is 7.28. The Morgan fingerprint density at radius 3 is 2.54 bits per heavy atom. The van der Waals surface area contributed by atoms with Crippen LogP contribution in [0.1, 0.15) is 59.2 Å². The van der Waals surface area contributed by atoms with Gasteiger partial charge in [-0.2, -0.15) is 0 Å². The minimum absolute atomic E-state index is 0.0129. The van der Waals surface area contributed by atoms with Gasteiger partial charge in [0.25, 0.3) is 0 Å². The van der Waals surface area contributed by atoms with Gasteiger partial charge in [0.2, 0.25) is 5.91 Å². The average molecular weight is 558 g/mol. The topological polar surface area (TPSA) is 62.2 Å². The second-order valence-electron chi connectivity index (χ2n) is 9.99. The van der Waals surface area contributed by atoms with Crippen LogP contribution < -0.4 is 15.5 Å². The van der Waals surface area contributed by atoms with Crippen molar-refractivity contribution < 1.29 is 4.79 Å². The fourth-order valence-electron chi connectivity index (χ4n) is 5.41. The molecule has 0 unspecified atom stereocenters. The largest absolute Gasteiger partial charge is 0.351 e. The molecule has 0 bridgehead atoms. The first-order valence-electron chi connectivity index (χ1n) is 13.1. The maximum Gasteiger partial charge on any atom is 0.224 e. The number of amides is 1. The van der Waals surface area contributed by atoms with Crippen molar-refractivity contribution in [3.63, 3.8) is 0 Å². The van der Waals surface area contributed by atoms with E-state index in [0.717, 1.165) is 50.8 Å². The molecule has 0 saturated carbocycles. The lowest BCUT2D eigenvalue weighted by atomic mass is 9.96. The highest BCUT2D eigenvalue weighted by atomic mass is 35.5. The van der Waals surface area contributed by atoms with Crippen LogP contribution in [0.3, 0.4) is 0 Å². The molecule has 2 N–H and O–H groups in total. The van der Waals surface area contributed by atoms with E-state index in [1.54, 1.807) is 0 Å². The first-order chi connectivity index (χ1) is 18.7. The number of pyridine rings is 1. The molecular formula is C31H32ClN5OS. The van der Waals surface area contributed by atoms with Crippen LogP contribution in [0.4, 0.5) is 11.4 Å². The molecule has 1 amide bonds. The van der Waals surface area contributed by atoms with Gasteiger partial charge in [-0.25, -0.2) is 0 Å². The van der Waals surface area contributed by atoms with E-state index in [0.29, 0.717) is 16.6 Å². The van der Waals surface area contributed by atoms with Crippen LogP contribution in [0.15, 0.2) is 66.9 Å². The molecule has 5 rings (SSSR count). The van der Waals surface area contributed by atoms with Gasteiger partial charge in [0, 0.05) is 46.1 Å². The van der Waals surface area contributed by atoms with Crippen molar-refractivity contribution in [2.24, 2.45) is 0 Å². The van der Waals surface area contributed by atoms with Crippen molar-refractivity contribution in [3.05, 3.63) is 106 Å². The van der Waals surface area contributed by atoms with Gasteiger partial charge in [-0.05, 0) is 105 Å². The SMILES string of the molecule is CCC(=O)Nc1ccc(N2C(=S)N[C@@H](c3ccccn3)[C@H]2c2cc(C)n(-c3cc(Cl)ccc3C)c2C)cc1C. The molecule has 2 atom stereocenters. The van der Waals surface area contributed by atoms with Gasteiger partial charge in [-0.1, -0.05) is 30.7 Å². The number of carbonyl (C=O) groups excluding carboxylic acids is 1. The summed E-state index contributed by atoms with van der Waals surface area (Å²) in [5.74, 6) is -0.0129. The molecule has 4 aromatic rings. The lowest BCUT2D eigenvalue weighted by molar-refractivity contribution is -0.115. The highest BCUT2D eigenvalue weighted by molar-refractivity contribution is 7.80. The summed E-state index contributed by atoms with van der Waals surface area (Å²) in [5.41, 5.74) is 9.22. The van der Waals surface area contributed by atoms with E-state index >= 15 is 0 Å². The molecule has 3 heterocycles. The third kappa shape index (κ3) is 5.04. The molecule has 0 radical (unpaired) electrons. The molecule has 0 spiro atoms. The summed E-state index contributed by atoms with van der Waals surface area (Å²) in [6, 6.07) is 19.9. The first-order valence-corrected chi connectivity index (χ1v) is 13.8. The van der Waals surface area contributed by atoms with Crippen molar-refractivity contribution in [3.8, 4) is 5.69 Å². The first kappa shape index (κ1) is 26.9. The van der Waals surface area contributed by atoms with Gasteiger partial charge in [0.15, 0.2) is 5.11 Å². The summed E-state index contributed by atoms with van der Waals surface area (Å²) in [7, 11) is 0. The van der Waals surface area contributed by atoms with E-state index < -0.39 is 0 Å². The molecule has 8 heteroatoms. The Morgan fingerprint density at radius 1 is 1.05 bits per heavy atom. The third-order valence-electron chi connectivity index (χ3n) is 7.38. The predicted molar refractivity (Wildman–Crippen MR) is 163 cm³/mol. The number of aromatic nitrogens is 2. The van der Waals surface area contributed by atoms with E-state index in [4.69, 9.17) is 28.8 Å². The Balaban J connectivity index is 1.65. The lowest BCUT2D eigenvalue weighted by Crippen LogP contribution is -2.29. The van der Waals surface area contributed by atoms with E-state index in [1.807, 2.05) is 68.6 Å². The number of aryl methyl sites for hydroxylation is 3. The minimum Gasteiger partial charge on any atom is -0.351 e. The molecule has 1 fully saturated rings. The zero-order valence-electron chi connectivity index (χ0n) is 22.7. The minimum atomic E-state index is -0.159. The zero-order chi connectivity index (χ0) is 27.8. The Bertz CT molecular complexity index is 1560. The van der Waals surface area contributed by atoms with Crippen molar-refractivity contribution >= 4 is 46.2 Å². The van der Waals surface area contributed by atoms with Gasteiger partial charge in [-0.3, -0.25) is 9.78 Å². The van der Waals surface area contributed by atoms with Gasteiger partial charge >= 0.3 is 0 Å². The summed E-state index contributed by atoms with van der Waals surface area (Å²) in [5, 5.41) is 7.87. The molecular weight excluding hydrogens is 526 g/mol. The van der Waals surface area contributed by atoms with Crippen LogP contribution in [0.25, 0.3) is 5.69 Å². The number of thiocarbonyl (C=S) groups is 1. The molecule has 1 aliphatic heterocycles. The van der Waals surface area contributed by atoms with Gasteiger partial charge in [-0.15, -0.1) is 0 Å². The second-order valence-corrected chi connectivity index (χ2v) is 10.8. The number of hydrogen-bond donors (Lipinski definition) is 2. The van der Waals surface area contributed by atoms with Gasteiger partial charge in [0.05, 0.1) is 17.8 Å². The normalized spacial score (nSPS) is 16.9. The van der Waals surface area contributed by atoms with E-state index in [9.17, 15) is 4.79 Å². The summed E-state index contributed by atoms with van der Waals surface area (Å²) < 4.78 is 2.26. The van der Waals surface area contributed by atoms with Crippen molar-refractivity contribution in [2.45, 2.75) is 53.1 Å². The number of anilines is 2. The van der Waals surface area contributed by atoms with Crippen LogP contribution in [-0.4, -0.2) is 20.6 Å². The maximum absolute atomic E-state index is 12.0. The Hall–Kier alpha value is -3.68. The molecule has 1 aliphatic rings. The Kier molecular flexibility index (Phi) is 7.47. The van der Waals surface area contributed by atoms with E-state index in [1.165, 1.54) is 0 Å². The van der Waals surface area contributed by atoms with Gasteiger partial charge in [0.1, 0.15) is 0 Å². The molecule has 2 aromatic carbocycles. The zero-order valence-corrected chi connectivity index (χ0v) is 24.3. The summed E-state index contributed by atoms with van der Waals surface area (Å²) in [4.78, 5) is 18.9. The average Bonchev–Trinajstić information content (AvgIpc) is 3.41. The summed E-state index contributed by atoms with van der Waals surface area (Å²) in [6.45, 7) is 10.2. The second kappa shape index (κ2) is 10.8. The molecule has 6 nitrogen and oxygen atoms in total. The van der Waals surface area contributed by atoms with E-state index in [-0.39, 0.29) is 18.0 Å². The lowest BCUT2D eigenvalue weighted by Gasteiger charge is -2.29. The van der Waals surface area contributed by atoms with Crippen LogP contribution in [0.2, 0.25) is 5.02 Å². The molecule has 200 valence electrons. The fraction of sp³-hybridized carbons (Fsp3) is 0.258. The molecule has 0 aliphatic carbocycles. The highest BCUT2D eigenvalue weighted by Crippen LogP contribution is 2.44. The smallest absolute Gasteiger partial charge is 0.224 e.